The van der Waals surface area contributed by atoms with E-state index in [0.29, 0.717) is 0 Å². The van der Waals surface area contributed by atoms with E-state index in [1.807, 2.05) is 19.1 Å². The highest BCUT2D eigenvalue weighted by molar-refractivity contribution is 9.11. The van der Waals surface area contributed by atoms with Gasteiger partial charge in [0.25, 0.3) is 0 Å². The molecule has 0 aliphatic heterocycles. The normalized spacial score (nSPS) is 12.4. The minimum absolute atomic E-state index is 0.210. The first-order valence-electron chi connectivity index (χ1n) is 4.16. The van der Waals surface area contributed by atoms with Crippen LogP contribution in [-0.2, 0) is 0 Å². The van der Waals surface area contributed by atoms with Gasteiger partial charge >= 0.3 is 0 Å². The Hall–Kier alpha value is -0.220. The third-order valence-corrected chi connectivity index (χ3v) is 3.08. The number of alkyl halides is 1. The van der Waals surface area contributed by atoms with Gasteiger partial charge in [0.15, 0.2) is 11.5 Å². The monoisotopic (exact) mass is 322 g/mol. The van der Waals surface area contributed by atoms with Crippen molar-refractivity contribution < 1.29 is 9.47 Å². The van der Waals surface area contributed by atoms with Crippen molar-refractivity contribution in [1.29, 1.82) is 0 Å². The summed E-state index contributed by atoms with van der Waals surface area (Å²) in [5.41, 5.74) is 1.06. The summed E-state index contributed by atoms with van der Waals surface area (Å²) in [4.78, 5) is 0.210. The van der Waals surface area contributed by atoms with Crippen molar-refractivity contribution in [1.82, 2.24) is 0 Å². The van der Waals surface area contributed by atoms with Gasteiger partial charge in [0.2, 0.25) is 0 Å². The van der Waals surface area contributed by atoms with E-state index < -0.39 is 0 Å². The molecule has 0 fully saturated rings. The smallest absolute Gasteiger partial charge is 0.166 e. The number of methoxy groups -OCH3 is 2. The van der Waals surface area contributed by atoms with Crippen LogP contribution in [0.5, 0.6) is 11.5 Å². The average molecular weight is 324 g/mol. The Morgan fingerprint density at radius 3 is 2.29 bits per heavy atom. The maximum Gasteiger partial charge on any atom is 0.166 e. The van der Waals surface area contributed by atoms with Crippen molar-refractivity contribution in [3.05, 3.63) is 22.2 Å². The van der Waals surface area contributed by atoms with Gasteiger partial charge in [-0.3, -0.25) is 0 Å². The topological polar surface area (TPSA) is 18.5 Å². The molecule has 0 saturated heterocycles. The first kappa shape index (κ1) is 11.9. The molecule has 1 aromatic carbocycles. The predicted octanol–water partition coefficient (Wildman–Crippen LogP) is 3.92. The summed E-state index contributed by atoms with van der Waals surface area (Å²) in [5, 5.41) is 0. The van der Waals surface area contributed by atoms with Crippen LogP contribution in [0.4, 0.5) is 0 Å². The number of hydrogen-bond acceptors (Lipinski definition) is 2. The standard InChI is InChI=1S/C10H12Br2O2/c1-6(11)9-7(12)4-5-8(13-2)10(9)14-3/h4-6H,1-3H3. The SMILES string of the molecule is COc1ccc(Br)c(C(C)Br)c1OC. The lowest BCUT2D eigenvalue weighted by Gasteiger charge is -2.15. The molecule has 0 bridgehead atoms. The zero-order valence-corrected chi connectivity index (χ0v) is 11.5. The van der Waals surface area contributed by atoms with Gasteiger partial charge in [-0.1, -0.05) is 31.9 Å². The molecule has 0 N–H and O–H groups in total. The highest BCUT2D eigenvalue weighted by Crippen LogP contribution is 2.42. The van der Waals surface area contributed by atoms with Gasteiger partial charge in [-0.05, 0) is 19.1 Å². The molecule has 0 radical (unpaired) electrons. The highest BCUT2D eigenvalue weighted by Gasteiger charge is 2.16. The van der Waals surface area contributed by atoms with Crippen LogP contribution in [0.2, 0.25) is 0 Å². The molecule has 0 amide bonds. The Kier molecular flexibility index (Phi) is 4.26. The summed E-state index contributed by atoms with van der Waals surface area (Å²) in [5.74, 6) is 1.52. The molecule has 0 spiro atoms. The van der Waals surface area contributed by atoms with Crippen molar-refractivity contribution in [3.8, 4) is 11.5 Å². The molecule has 14 heavy (non-hydrogen) atoms. The second-order valence-corrected chi connectivity index (χ2v) is 5.04. The maximum absolute atomic E-state index is 5.32. The molecule has 0 aliphatic rings. The first-order chi connectivity index (χ1) is 6.61. The minimum atomic E-state index is 0.210. The van der Waals surface area contributed by atoms with Crippen LogP contribution in [0.1, 0.15) is 17.3 Å². The Balaban J connectivity index is 3.35. The van der Waals surface area contributed by atoms with Crippen molar-refractivity contribution in [2.24, 2.45) is 0 Å². The maximum atomic E-state index is 5.32. The molecule has 0 aromatic heterocycles. The number of rotatable bonds is 3. The number of halogens is 2. The van der Waals surface area contributed by atoms with E-state index in [1.54, 1.807) is 14.2 Å². The molecule has 0 heterocycles. The Morgan fingerprint density at radius 1 is 1.21 bits per heavy atom. The number of ether oxygens (including phenoxy) is 2. The largest absolute Gasteiger partial charge is 0.493 e. The van der Waals surface area contributed by atoms with Gasteiger partial charge in [0.05, 0.1) is 14.2 Å². The number of benzene rings is 1. The van der Waals surface area contributed by atoms with Crippen LogP contribution < -0.4 is 9.47 Å². The molecule has 0 saturated carbocycles. The van der Waals surface area contributed by atoms with E-state index in [2.05, 4.69) is 31.9 Å². The van der Waals surface area contributed by atoms with Crippen LogP contribution >= 0.6 is 31.9 Å². The second kappa shape index (κ2) is 5.03. The Morgan fingerprint density at radius 2 is 1.86 bits per heavy atom. The lowest BCUT2D eigenvalue weighted by molar-refractivity contribution is 0.351. The lowest BCUT2D eigenvalue weighted by atomic mass is 10.1. The van der Waals surface area contributed by atoms with Crippen LogP contribution in [0.3, 0.4) is 0 Å². The van der Waals surface area contributed by atoms with E-state index in [-0.39, 0.29) is 4.83 Å². The van der Waals surface area contributed by atoms with Gasteiger partial charge in [-0.15, -0.1) is 0 Å². The van der Waals surface area contributed by atoms with Crippen LogP contribution in [0.15, 0.2) is 16.6 Å². The van der Waals surface area contributed by atoms with Crippen LogP contribution in [0, 0.1) is 0 Å². The summed E-state index contributed by atoms with van der Waals surface area (Å²) in [6.07, 6.45) is 0. The van der Waals surface area contributed by atoms with Crippen molar-refractivity contribution in [3.63, 3.8) is 0 Å². The summed E-state index contributed by atoms with van der Waals surface area (Å²) >= 11 is 7.01. The third kappa shape index (κ3) is 2.23. The molecular weight excluding hydrogens is 312 g/mol. The van der Waals surface area contributed by atoms with Gasteiger partial charge < -0.3 is 9.47 Å². The fraction of sp³-hybridized carbons (Fsp3) is 0.400. The molecule has 1 aromatic rings. The first-order valence-corrected chi connectivity index (χ1v) is 5.87. The molecular formula is C10H12Br2O2. The van der Waals surface area contributed by atoms with E-state index in [9.17, 15) is 0 Å². The fourth-order valence-corrected chi connectivity index (χ4v) is 2.71. The molecule has 1 unspecified atom stereocenters. The van der Waals surface area contributed by atoms with Gasteiger partial charge in [0, 0.05) is 14.9 Å². The molecule has 78 valence electrons. The van der Waals surface area contributed by atoms with Crippen molar-refractivity contribution in [2.75, 3.05) is 14.2 Å². The average Bonchev–Trinajstić information content (AvgIpc) is 2.16. The third-order valence-electron chi connectivity index (χ3n) is 1.93. The number of hydrogen-bond donors (Lipinski definition) is 0. The summed E-state index contributed by atoms with van der Waals surface area (Å²) < 4.78 is 11.6. The molecule has 2 nitrogen and oxygen atoms in total. The summed E-state index contributed by atoms with van der Waals surface area (Å²) in [6, 6.07) is 3.83. The summed E-state index contributed by atoms with van der Waals surface area (Å²) in [7, 11) is 3.28. The fourth-order valence-electron chi connectivity index (χ4n) is 1.30. The van der Waals surface area contributed by atoms with Gasteiger partial charge in [-0.2, -0.15) is 0 Å². The predicted molar refractivity (Wildman–Crippen MR) is 64.6 cm³/mol. The van der Waals surface area contributed by atoms with E-state index in [1.165, 1.54) is 0 Å². The Bertz CT molecular complexity index is 324. The van der Waals surface area contributed by atoms with Gasteiger partial charge in [0.1, 0.15) is 0 Å². The summed E-state index contributed by atoms with van der Waals surface area (Å²) in [6.45, 7) is 2.04. The van der Waals surface area contributed by atoms with Gasteiger partial charge in [-0.25, -0.2) is 0 Å². The zero-order chi connectivity index (χ0) is 10.7. The quantitative estimate of drug-likeness (QED) is 0.785. The molecule has 1 atom stereocenters. The van der Waals surface area contributed by atoms with E-state index >= 15 is 0 Å². The van der Waals surface area contributed by atoms with Crippen LogP contribution in [0.25, 0.3) is 0 Å². The van der Waals surface area contributed by atoms with E-state index in [0.717, 1.165) is 21.5 Å². The zero-order valence-electron chi connectivity index (χ0n) is 8.30. The second-order valence-electron chi connectivity index (χ2n) is 2.81. The van der Waals surface area contributed by atoms with E-state index in [4.69, 9.17) is 9.47 Å². The van der Waals surface area contributed by atoms with Crippen molar-refractivity contribution in [2.45, 2.75) is 11.8 Å². The lowest BCUT2D eigenvalue weighted by Crippen LogP contribution is -1.97. The minimum Gasteiger partial charge on any atom is -0.493 e. The van der Waals surface area contributed by atoms with Crippen LogP contribution in [-0.4, -0.2) is 14.2 Å². The molecule has 1 rings (SSSR count). The van der Waals surface area contributed by atoms with Crippen molar-refractivity contribution >= 4 is 31.9 Å². The Labute approximate surface area is 101 Å². The molecule has 4 heteroatoms. The molecule has 0 aliphatic carbocycles. The highest BCUT2D eigenvalue weighted by atomic mass is 79.9.